The summed E-state index contributed by atoms with van der Waals surface area (Å²) in [4.78, 5) is 0. The summed E-state index contributed by atoms with van der Waals surface area (Å²) in [5.74, 6) is 0. The van der Waals surface area contributed by atoms with Gasteiger partial charge in [-0.1, -0.05) is 70.7 Å². The molecule has 0 fully saturated rings. The van der Waals surface area contributed by atoms with Crippen LogP contribution in [0.4, 0.5) is 0 Å². The molecule has 0 aliphatic heterocycles. The van der Waals surface area contributed by atoms with Gasteiger partial charge in [-0.3, -0.25) is 0 Å². The zero-order valence-electron chi connectivity index (χ0n) is 8.36. The second kappa shape index (κ2) is 6.63. The third-order valence-electron chi connectivity index (χ3n) is 1.57. The predicted octanol–water partition coefficient (Wildman–Crippen LogP) is 3.83. The molecule has 0 atom stereocenters. The molecule has 0 spiro atoms. The quantitative estimate of drug-likeness (QED) is 0.734. The van der Waals surface area contributed by atoms with Gasteiger partial charge in [-0.15, -0.1) is 10.2 Å². The molecule has 0 aliphatic carbocycles. The minimum absolute atomic E-state index is 0.0664. The largest absolute Gasteiger partial charge is 0.175 e. The summed E-state index contributed by atoms with van der Waals surface area (Å²) >= 11 is 16.2. The van der Waals surface area contributed by atoms with Crippen molar-refractivity contribution in [2.75, 3.05) is 0 Å². The summed E-state index contributed by atoms with van der Waals surface area (Å²) in [6.45, 7) is 2.08. The minimum atomic E-state index is 0.0664. The van der Waals surface area contributed by atoms with Crippen LogP contribution in [-0.4, -0.2) is 15.4 Å². The summed E-state index contributed by atoms with van der Waals surface area (Å²) in [6.07, 6.45) is 0. The second-order valence-corrected chi connectivity index (χ2v) is 3.93. The molecule has 84 valence electrons. The van der Waals surface area contributed by atoms with E-state index in [0.29, 0.717) is 0 Å². The van der Waals surface area contributed by atoms with Crippen LogP contribution in [0.3, 0.4) is 0 Å². The Labute approximate surface area is 108 Å². The Morgan fingerprint density at radius 3 is 1.69 bits per heavy atom. The highest BCUT2D eigenvalue weighted by Crippen LogP contribution is 2.23. The smallest absolute Gasteiger partial charge is 0.116 e. The maximum absolute atomic E-state index is 5.45. The average Bonchev–Trinajstić information content (AvgIpc) is 2.28. The molecular formula is C10H8Cl3N3. The molecule has 2 aromatic rings. The normalized spacial score (nSPS) is 9.25. The molecule has 1 aromatic carbocycles. The van der Waals surface area contributed by atoms with Crippen molar-refractivity contribution >= 4 is 34.8 Å². The zero-order valence-corrected chi connectivity index (χ0v) is 10.6. The van der Waals surface area contributed by atoms with E-state index in [1.807, 2.05) is 18.2 Å². The fourth-order valence-corrected chi connectivity index (χ4v) is 1.18. The molecule has 3 nitrogen and oxygen atoms in total. The predicted molar refractivity (Wildman–Crippen MR) is 66.0 cm³/mol. The van der Waals surface area contributed by atoms with E-state index in [1.165, 1.54) is 5.56 Å². The highest BCUT2D eigenvalue weighted by Gasteiger charge is 2.03. The zero-order chi connectivity index (χ0) is 12.0. The third kappa shape index (κ3) is 4.31. The number of hydrogen-bond donors (Lipinski definition) is 0. The molecule has 0 saturated heterocycles. The molecule has 0 radical (unpaired) electrons. The number of halogens is 3. The molecule has 2 rings (SSSR count). The van der Waals surface area contributed by atoms with E-state index in [0.717, 1.165) is 0 Å². The highest BCUT2D eigenvalue weighted by molar-refractivity contribution is 6.46. The van der Waals surface area contributed by atoms with Gasteiger partial charge in [-0.2, -0.15) is 0 Å². The Morgan fingerprint density at radius 2 is 1.38 bits per heavy atom. The van der Waals surface area contributed by atoms with Crippen molar-refractivity contribution < 1.29 is 0 Å². The molecular weight excluding hydrogens is 268 g/mol. The van der Waals surface area contributed by atoms with Gasteiger partial charge in [-0.25, -0.2) is 0 Å². The minimum Gasteiger partial charge on any atom is -0.116 e. The average molecular weight is 277 g/mol. The van der Waals surface area contributed by atoms with Crippen LogP contribution in [0.1, 0.15) is 5.56 Å². The van der Waals surface area contributed by atoms with Crippen molar-refractivity contribution in [1.29, 1.82) is 0 Å². The van der Waals surface area contributed by atoms with Crippen LogP contribution in [0.15, 0.2) is 30.3 Å². The summed E-state index contributed by atoms with van der Waals surface area (Å²) in [5, 5.41) is 10.1. The van der Waals surface area contributed by atoms with Crippen molar-refractivity contribution in [3.63, 3.8) is 0 Å². The standard InChI is InChI=1S/C7H8.C3Cl3N3/c1-7-5-3-2-4-6-7;4-1-2(5)7-9-8-3(1)6/h2-6H,1H3;. The first-order chi connectivity index (χ1) is 7.61. The topological polar surface area (TPSA) is 38.7 Å². The van der Waals surface area contributed by atoms with Crippen LogP contribution in [0.5, 0.6) is 0 Å². The van der Waals surface area contributed by atoms with Gasteiger partial charge >= 0.3 is 0 Å². The fourth-order valence-electron chi connectivity index (χ4n) is 0.808. The molecule has 1 heterocycles. The Hall–Kier alpha value is -0.900. The van der Waals surface area contributed by atoms with E-state index in [1.54, 1.807) is 0 Å². The van der Waals surface area contributed by atoms with Gasteiger partial charge in [0.15, 0.2) is 10.3 Å². The van der Waals surface area contributed by atoms with Gasteiger partial charge < -0.3 is 0 Å². The lowest BCUT2D eigenvalue weighted by molar-refractivity contribution is 0.866. The fraction of sp³-hybridized carbons (Fsp3) is 0.100. The van der Waals surface area contributed by atoms with Crippen molar-refractivity contribution in [3.05, 3.63) is 51.2 Å². The first-order valence-corrected chi connectivity index (χ1v) is 5.46. The van der Waals surface area contributed by atoms with E-state index in [2.05, 4.69) is 34.5 Å². The number of rotatable bonds is 0. The van der Waals surface area contributed by atoms with E-state index in [-0.39, 0.29) is 15.3 Å². The summed E-state index contributed by atoms with van der Waals surface area (Å²) in [5.41, 5.74) is 1.32. The molecule has 0 bridgehead atoms. The van der Waals surface area contributed by atoms with Gasteiger partial charge in [0.2, 0.25) is 0 Å². The molecule has 16 heavy (non-hydrogen) atoms. The Bertz CT molecular complexity index is 428. The highest BCUT2D eigenvalue weighted by atomic mass is 35.5. The van der Waals surface area contributed by atoms with Crippen LogP contribution < -0.4 is 0 Å². The van der Waals surface area contributed by atoms with Crippen LogP contribution in [0.2, 0.25) is 15.3 Å². The Balaban J connectivity index is 0.000000165. The number of benzene rings is 1. The van der Waals surface area contributed by atoms with Crippen molar-refractivity contribution in [2.45, 2.75) is 6.92 Å². The van der Waals surface area contributed by atoms with Crippen LogP contribution >= 0.6 is 34.8 Å². The number of nitrogens with zero attached hydrogens (tertiary/aromatic N) is 3. The van der Waals surface area contributed by atoms with E-state index >= 15 is 0 Å². The monoisotopic (exact) mass is 275 g/mol. The summed E-state index contributed by atoms with van der Waals surface area (Å²) in [6, 6.07) is 10.3. The Kier molecular flexibility index (Phi) is 5.46. The van der Waals surface area contributed by atoms with Crippen molar-refractivity contribution in [2.24, 2.45) is 0 Å². The van der Waals surface area contributed by atoms with Gasteiger partial charge in [-0.05, 0) is 12.1 Å². The van der Waals surface area contributed by atoms with Gasteiger partial charge in [0, 0.05) is 0 Å². The number of aromatic nitrogens is 3. The first-order valence-electron chi connectivity index (χ1n) is 4.32. The molecule has 0 unspecified atom stereocenters. The number of hydrogen-bond acceptors (Lipinski definition) is 3. The van der Waals surface area contributed by atoms with Crippen LogP contribution in [0, 0.1) is 6.92 Å². The Morgan fingerprint density at radius 1 is 0.875 bits per heavy atom. The maximum atomic E-state index is 5.45. The number of aryl methyl sites for hydroxylation is 1. The molecule has 1 aromatic heterocycles. The van der Waals surface area contributed by atoms with E-state index < -0.39 is 0 Å². The lowest BCUT2D eigenvalue weighted by Gasteiger charge is -1.90. The lowest BCUT2D eigenvalue weighted by Crippen LogP contribution is -1.88. The molecule has 0 amide bonds. The third-order valence-corrected chi connectivity index (χ3v) is 2.65. The summed E-state index contributed by atoms with van der Waals surface area (Å²) in [7, 11) is 0. The van der Waals surface area contributed by atoms with Crippen molar-refractivity contribution in [3.8, 4) is 0 Å². The maximum Gasteiger partial charge on any atom is 0.175 e. The second-order valence-electron chi connectivity index (χ2n) is 2.84. The van der Waals surface area contributed by atoms with Gasteiger partial charge in [0.25, 0.3) is 0 Å². The molecule has 0 aliphatic rings. The molecule has 0 N–H and O–H groups in total. The van der Waals surface area contributed by atoms with E-state index in [4.69, 9.17) is 34.8 Å². The van der Waals surface area contributed by atoms with Gasteiger partial charge in [0.05, 0.1) is 0 Å². The summed E-state index contributed by atoms with van der Waals surface area (Å²) < 4.78 is 0. The molecule has 0 saturated carbocycles. The molecule has 6 heteroatoms. The lowest BCUT2D eigenvalue weighted by atomic mass is 10.2. The van der Waals surface area contributed by atoms with Crippen LogP contribution in [-0.2, 0) is 0 Å². The first kappa shape index (κ1) is 13.2. The van der Waals surface area contributed by atoms with E-state index in [9.17, 15) is 0 Å². The van der Waals surface area contributed by atoms with Crippen molar-refractivity contribution in [1.82, 2.24) is 15.4 Å². The van der Waals surface area contributed by atoms with Gasteiger partial charge in [0.1, 0.15) is 5.02 Å². The SMILES string of the molecule is Cc1ccccc1.Clc1nnnc(Cl)c1Cl. The van der Waals surface area contributed by atoms with Crippen LogP contribution in [0.25, 0.3) is 0 Å².